The molecule has 3 heterocycles. The zero-order chi connectivity index (χ0) is 17.8. The van der Waals surface area contributed by atoms with Crippen molar-refractivity contribution in [2.24, 2.45) is 0 Å². The van der Waals surface area contributed by atoms with Crippen LogP contribution in [0.2, 0.25) is 0 Å². The first kappa shape index (κ1) is 16.7. The smallest absolute Gasteiger partial charge is 0.226 e. The van der Waals surface area contributed by atoms with E-state index in [-0.39, 0.29) is 0 Å². The number of nitrogens with zero attached hydrogens (tertiary/aromatic N) is 4. The van der Waals surface area contributed by atoms with Crippen molar-refractivity contribution in [3.05, 3.63) is 60.1 Å². The van der Waals surface area contributed by atoms with E-state index >= 15 is 0 Å². The summed E-state index contributed by atoms with van der Waals surface area (Å²) in [5.74, 6) is 1.63. The Kier molecular flexibility index (Phi) is 4.93. The molecule has 1 atom stereocenters. The first-order valence-electron chi connectivity index (χ1n) is 9.06. The Morgan fingerprint density at radius 1 is 1.23 bits per heavy atom. The number of hydrogen-bond acceptors (Lipinski definition) is 6. The summed E-state index contributed by atoms with van der Waals surface area (Å²) in [6.07, 6.45) is 5.79. The molecule has 1 saturated heterocycles. The van der Waals surface area contributed by atoms with Crippen LogP contribution in [-0.2, 0) is 6.54 Å². The first-order valence-corrected chi connectivity index (χ1v) is 9.06. The maximum Gasteiger partial charge on any atom is 0.226 e. The van der Waals surface area contributed by atoms with Gasteiger partial charge in [0.1, 0.15) is 6.26 Å². The molecule has 2 aromatic heterocycles. The summed E-state index contributed by atoms with van der Waals surface area (Å²) >= 11 is 0. The molecule has 1 N–H and O–H groups in total. The highest BCUT2D eigenvalue weighted by molar-refractivity contribution is 5.53. The van der Waals surface area contributed by atoms with Crippen LogP contribution in [0.15, 0.2) is 53.3 Å². The Bertz CT molecular complexity index is 831. The lowest BCUT2D eigenvalue weighted by Crippen LogP contribution is -2.38. The van der Waals surface area contributed by atoms with Crippen LogP contribution in [0.3, 0.4) is 0 Å². The van der Waals surface area contributed by atoms with Crippen molar-refractivity contribution in [3.8, 4) is 11.5 Å². The summed E-state index contributed by atoms with van der Waals surface area (Å²) in [5.41, 5.74) is 3.16. The molecule has 4 rings (SSSR count). The second-order valence-electron chi connectivity index (χ2n) is 6.71. The molecule has 1 aliphatic rings. The summed E-state index contributed by atoms with van der Waals surface area (Å²) in [5, 5.41) is 11.7. The highest BCUT2D eigenvalue weighted by atomic mass is 16.3. The monoisotopic (exact) mass is 349 g/mol. The largest absolute Gasteiger partial charge is 0.444 e. The molecule has 6 nitrogen and oxygen atoms in total. The van der Waals surface area contributed by atoms with Gasteiger partial charge >= 0.3 is 0 Å². The number of hydrogen-bond donors (Lipinski definition) is 1. The van der Waals surface area contributed by atoms with Crippen LogP contribution >= 0.6 is 0 Å². The lowest BCUT2D eigenvalue weighted by atomic mass is 10.1. The third-order valence-corrected chi connectivity index (χ3v) is 4.77. The van der Waals surface area contributed by atoms with E-state index in [4.69, 9.17) is 4.42 Å². The molecule has 0 radical (unpaired) electrons. The van der Waals surface area contributed by atoms with E-state index < -0.39 is 0 Å². The van der Waals surface area contributed by atoms with Crippen molar-refractivity contribution in [1.82, 2.24) is 20.5 Å². The van der Waals surface area contributed by atoms with Gasteiger partial charge in [0.05, 0.1) is 5.69 Å². The van der Waals surface area contributed by atoms with E-state index in [2.05, 4.69) is 44.5 Å². The zero-order valence-corrected chi connectivity index (χ0v) is 14.9. The van der Waals surface area contributed by atoms with Crippen LogP contribution in [0.4, 0.5) is 5.82 Å². The Morgan fingerprint density at radius 2 is 2.12 bits per heavy atom. The van der Waals surface area contributed by atoms with Crippen LogP contribution in [0.1, 0.15) is 24.1 Å². The topological polar surface area (TPSA) is 67.1 Å². The minimum absolute atomic E-state index is 0.440. The van der Waals surface area contributed by atoms with Gasteiger partial charge in [-0.25, -0.2) is 4.98 Å². The van der Waals surface area contributed by atoms with Crippen LogP contribution < -0.4 is 10.2 Å². The van der Waals surface area contributed by atoms with Crippen LogP contribution in [0.25, 0.3) is 11.5 Å². The molecule has 1 aliphatic heterocycles. The van der Waals surface area contributed by atoms with Crippen molar-refractivity contribution < 1.29 is 4.42 Å². The Hall–Kier alpha value is -2.73. The second-order valence-corrected chi connectivity index (χ2v) is 6.71. The van der Waals surface area contributed by atoms with Gasteiger partial charge in [-0.15, -0.1) is 5.10 Å². The van der Waals surface area contributed by atoms with Gasteiger partial charge in [-0.3, -0.25) is 0 Å². The summed E-state index contributed by atoms with van der Waals surface area (Å²) in [6, 6.07) is 12.6. The average molecular weight is 349 g/mol. The first-order chi connectivity index (χ1) is 12.8. The molecule has 0 bridgehead atoms. The fraction of sp³-hybridized carbons (Fsp3) is 0.350. The van der Waals surface area contributed by atoms with Crippen LogP contribution in [0.5, 0.6) is 0 Å². The molecule has 0 saturated carbocycles. The molecule has 1 unspecified atom stereocenters. The maximum atomic E-state index is 5.62. The molecular formula is C20H23N5O. The van der Waals surface area contributed by atoms with E-state index in [1.807, 2.05) is 24.3 Å². The Balaban J connectivity index is 1.33. The third-order valence-electron chi connectivity index (χ3n) is 4.77. The quantitative estimate of drug-likeness (QED) is 0.737. The molecule has 0 amide bonds. The predicted molar refractivity (Wildman–Crippen MR) is 101 cm³/mol. The molecule has 1 aromatic carbocycles. The van der Waals surface area contributed by atoms with E-state index in [1.165, 1.54) is 12.0 Å². The minimum Gasteiger partial charge on any atom is -0.444 e. The number of rotatable bonds is 6. The van der Waals surface area contributed by atoms with Gasteiger partial charge in [-0.1, -0.05) is 17.7 Å². The highest BCUT2D eigenvalue weighted by Gasteiger charge is 2.25. The fourth-order valence-corrected chi connectivity index (χ4v) is 3.38. The SMILES string of the molecule is Cc1ccc(-c2nc(CNCC3CCCN3c3cccnn3)co2)cc1. The summed E-state index contributed by atoms with van der Waals surface area (Å²) < 4.78 is 5.62. The van der Waals surface area contributed by atoms with Crippen molar-refractivity contribution >= 4 is 5.82 Å². The van der Waals surface area contributed by atoms with Crippen molar-refractivity contribution in [3.63, 3.8) is 0 Å². The van der Waals surface area contributed by atoms with Gasteiger partial charge in [0, 0.05) is 37.4 Å². The van der Waals surface area contributed by atoms with Crippen LogP contribution in [-0.4, -0.2) is 34.3 Å². The lowest BCUT2D eigenvalue weighted by Gasteiger charge is -2.25. The van der Waals surface area contributed by atoms with E-state index in [0.717, 1.165) is 36.6 Å². The second kappa shape index (κ2) is 7.66. The number of nitrogens with one attached hydrogen (secondary N) is 1. The van der Waals surface area contributed by atoms with Crippen molar-refractivity contribution in [2.75, 3.05) is 18.0 Å². The fourth-order valence-electron chi connectivity index (χ4n) is 3.38. The molecule has 3 aromatic rings. The standard InChI is InChI=1S/C20H23N5O/c1-15-6-8-16(9-7-15)20-23-17(14-26-20)12-21-13-18-4-3-11-25(18)19-5-2-10-22-24-19/h2,5-10,14,18,21H,3-4,11-13H2,1H3. The molecular weight excluding hydrogens is 326 g/mol. The van der Waals surface area contributed by atoms with Crippen LogP contribution in [0, 0.1) is 6.92 Å². The average Bonchev–Trinajstić information content (AvgIpc) is 3.33. The van der Waals surface area contributed by atoms with Gasteiger partial charge in [0.2, 0.25) is 5.89 Å². The molecule has 0 aliphatic carbocycles. The molecule has 26 heavy (non-hydrogen) atoms. The number of anilines is 1. The van der Waals surface area contributed by atoms with E-state index in [9.17, 15) is 0 Å². The van der Waals surface area contributed by atoms with E-state index in [1.54, 1.807) is 12.5 Å². The molecule has 1 fully saturated rings. The molecule has 134 valence electrons. The zero-order valence-electron chi connectivity index (χ0n) is 14.9. The van der Waals surface area contributed by atoms with Gasteiger partial charge < -0.3 is 14.6 Å². The number of aryl methyl sites for hydroxylation is 1. The maximum absolute atomic E-state index is 5.62. The Morgan fingerprint density at radius 3 is 2.92 bits per heavy atom. The van der Waals surface area contributed by atoms with E-state index in [0.29, 0.717) is 18.5 Å². The van der Waals surface area contributed by atoms with Gasteiger partial charge in [0.25, 0.3) is 0 Å². The minimum atomic E-state index is 0.440. The number of oxazole rings is 1. The van der Waals surface area contributed by atoms with Gasteiger partial charge in [-0.05, 0) is 44.0 Å². The number of aromatic nitrogens is 3. The Labute approximate surface area is 153 Å². The lowest BCUT2D eigenvalue weighted by molar-refractivity contribution is 0.555. The summed E-state index contributed by atoms with van der Waals surface area (Å²) in [7, 11) is 0. The molecule has 0 spiro atoms. The van der Waals surface area contributed by atoms with Crippen molar-refractivity contribution in [2.45, 2.75) is 32.4 Å². The normalized spacial score (nSPS) is 17.0. The number of benzene rings is 1. The predicted octanol–water partition coefficient (Wildman–Crippen LogP) is 3.20. The highest BCUT2D eigenvalue weighted by Crippen LogP contribution is 2.23. The van der Waals surface area contributed by atoms with Gasteiger partial charge in [-0.2, -0.15) is 5.10 Å². The summed E-state index contributed by atoms with van der Waals surface area (Å²) in [6.45, 7) is 4.69. The molecule has 6 heteroatoms. The third kappa shape index (κ3) is 3.75. The van der Waals surface area contributed by atoms with Gasteiger partial charge in [0.15, 0.2) is 5.82 Å². The van der Waals surface area contributed by atoms with Crippen molar-refractivity contribution in [1.29, 1.82) is 0 Å². The summed E-state index contributed by atoms with van der Waals surface area (Å²) in [4.78, 5) is 6.92.